The summed E-state index contributed by atoms with van der Waals surface area (Å²) in [5, 5.41) is 6.99. The fourth-order valence-corrected chi connectivity index (χ4v) is 2.11. The van der Waals surface area contributed by atoms with Gasteiger partial charge in [-0.15, -0.1) is 8.78 Å². The van der Waals surface area contributed by atoms with Crippen LogP contribution in [0.3, 0.4) is 0 Å². The van der Waals surface area contributed by atoms with E-state index in [1.54, 1.807) is 0 Å². The van der Waals surface area contributed by atoms with Gasteiger partial charge >= 0.3 is 6.29 Å². The highest BCUT2D eigenvalue weighted by Gasteiger charge is 2.43. The molecule has 0 saturated heterocycles. The first kappa shape index (κ1) is 12.7. The fourth-order valence-electron chi connectivity index (χ4n) is 2.11. The summed E-state index contributed by atoms with van der Waals surface area (Å²) in [7, 11) is 0. The second-order valence-electron chi connectivity index (χ2n) is 4.57. The number of nitrogens with zero attached hydrogens (tertiary/aromatic N) is 3. The van der Waals surface area contributed by atoms with Gasteiger partial charge in [0.2, 0.25) is 11.3 Å². The molecule has 3 heterocycles. The molecule has 0 spiro atoms. The van der Waals surface area contributed by atoms with Crippen LogP contribution in [0.5, 0.6) is 11.5 Å². The van der Waals surface area contributed by atoms with Gasteiger partial charge in [-0.3, -0.25) is 9.78 Å². The molecule has 2 aromatic heterocycles. The van der Waals surface area contributed by atoms with Crippen molar-refractivity contribution in [2.75, 3.05) is 0 Å². The quantitative estimate of drug-likeness (QED) is 0.759. The van der Waals surface area contributed by atoms with Gasteiger partial charge in [-0.05, 0) is 28.0 Å². The van der Waals surface area contributed by atoms with E-state index in [-0.39, 0.29) is 34.9 Å². The molecule has 1 N–H and O–H groups in total. The summed E-state index contributed by atoms with van der Waals surface area (Å²) >= 11 is 0. The summed E-state index contributed by atoms with van der Waals surface area (Å²) in [6, 6.07) is 4.24. The summed E-state index contributed by atoms with van der Waals surface area (Å²) in [5.41, 5.74) is 0.523. The zero-order valence-corrected chi connectivity index (χ0v) is 10.7. The molecule has 1 aliphatic rings. The fraction of sp³-hybridized carbons (Fsp3) is 0.167. The van der Waals surface area contributed by atoms with Crippen LogP contribution in [0.1, 0.15) is 11.3 Å². The number of benzene rings is 1. The van der Waals surface area contributed by atoms with Crippen molar-refractivity contribution in [2.45, 2.75) is 12.7 Å². The number of H-pyrrole nitrogens is 1. The minimum absolute atomic E-state index is 0.0632. The molecule has 10 heteroatoms. The van der Waals surface area contributed by atoms with Crippen molar-refractivity contribution < 1.29 is 22.9 Å². The predicted octanol–water partition coefficient (Wildman–Crippen LogP) is 1.22. The lowest BCUT2D eigenvalue weighted by atomic mass is 10.1. The smallest absolute Gasteiger partial charge is 0.395 e. The van der Waals surface area contributed by atoms with Crippen molar-refractivity contribution in [3.05, 3.63) is 39.8 Å². The van der Waals surface area contributed by atoms with Gasteiger partial charge in [0.1, 0.15) is 5.69 Å². The van der Waals surface area contributed by atoms with E-state index in [0.29, 0.717) is 5.56 Å². The maximum Gasteiger partial charge on any atom is 0.586 e. The van der Waals surface area contributed by atoms with Crippen LogP contribution in [0, 0.1) is 0 Å². The highest BCUT2D eigenvalue weighted by atomic mass is 19.3. The molecule has 0 atom stereocenters. The number of rotatable bonds is 2. The van der Waals surface area contributed by atoms with Crippen LogP contribution >= 0.6 is 0 Å². The van der Waals surface area contributed by atoms with E-state index >= 15 is 0 Å². The van der Waals surface area contributed by atoms with E-state index in [1.807, 2.05) is 0 Å². The Labute approximate surface area is 119 Å². The third-order valence-corrected chi connectivity index (χ3v) is 3.04. The van der Waals surface area contributed by atoms with Gasteiger partial charge in [0.05, 0.1) is 0 Å². The van der Waals surface area contributed by atoms with Gasteiger partial charge in [-0.2, -0.15) is 0 Å². The Kier molecular flexibility index (Phi) is 2.44. The molecule has 0 aliphatic carbocycles. The topological polar surface area (TPSA) is 103 Å². The number of hydrogen-bond donors (Lipinski definition) is 1. The summed E-state index contributed by atoms with van der Waals surface area (Å²) in [4.78, 5) is 18.4. The Bertz CT molecular complexity index is 936. The van der Waals surface area contributed by atoms with Crippen LogP contribution in [0.15, 0.2) is 27.6 Å². The van der Waals surface area contributed by atoms with Crippen molar-refractivity contribution >= 4 is 11.3 Å². The Balaban J connectivity index is 1.69. The molecule has 0 unspecified atom stereocenters. The van der Waals surface area contributed by atoms with Crippen LogP contribution in [-0.4, -0.2) is 26.6 Å². The van der Waals surface area contributed by atoms with E-state index in [0.717, 1.165) is 0 Å². The minimum atomic E-state index is -3.68. The lowest BCUT2D eigenvalue weighted by Crippen LogP contribution is -2.25. The molecule has 0 saturated carbocycles. The number of halogens is 2. The molecule has 112 valence electrons. The monoisotopic (exact) mass is 308 g/mol. The van der Waals surface area contributed by atoms with E-state index in [1.165, 1.54) is 18.2 Å². The van der Waals surface area contributed by atoms with Crippen molar-refractivity contribution in [3.8, 4) is 11.5 Å². The lowest BCUT2D eigenvalue weighted by molar-refractivity contribution is -0.286. The third-order valence-electron chi connectivity index (χ3n) is 3.04. The SMILES string of the molecule is O=c1[nH]c2nonc2nc1Cc1ccc2c(c1)OC(F)(F)O2. The zero-order chi connectivity index (χ0) is 15.3. The number of aromatic amines is 1. The molecule has 0 radical (unpaired) electrons. The van der Waals surface area contributed by atoms with Crippen LogP contribution in [0.4, 0.5) is 8.78 Å². The Hall–Kier alpha value is -3.04. The third kappa shape index (κ3) is 2.05. The van der Waals surface area contributed by atoms with Crippen molar-refractivity contribution in [1.29, 1.82) is 0 Å². The highest BCUT2D eigenvalue weighted by molar-refractivity contribution is 5.62. The molecule has 1 aliphatic heterocycles. The normalized spacial score (nSPS) is 15.4. The van der Waals surface area contributed by atoms with Gasteiger partial charge in [-0.25, -0.2) is 9.61 Å². The molecule has 8 nitrogen and oxygen atoms in total. The standard InChI is InChI=1S/C12H6F2N4O4/c13-12(14)20-7-2-1-5(4-8(7)21-12)3-6-11(19)16-10-9(15-6)17-22-18-10/h1-2,4H,3H2,(H,16,18,19). The summed E-state index contributed by atoms with van der Waals surface area (Å²) < 4.78 is 39.0. The molecular weight excluding hydrogens is 302 g/mol. The first-order valence-corrected chi connectivity index (χ1v) is 6.10. The lowest BCUT2D eigenvalue weighted by Gasteiger charge is -2.04. The predicted molar refractivity (Wildman–Crippen MR) is 65.7 cm³/mol. The van der Waals surface area contributed by atoms with Gasteiger partial charge in [-0.1, -0.05) is 6.07 Å². The number of nitrogens with one attached hydrogen (secondary N) is 1. The number of alkyl halides is 2. The Morgan fingerprint density at radius 1 is 1.18 bits per heavy atom. The number of fused-ring (bicyclic) bond motifs is 2. The minimum Gasteiger partial charge on any atom is -0.395 e. The first-order chi connectivity index (χ1) is 10.5. The Morgan fingerprint density at radius 2 is 2.00 bits per heavy atom. The van der Waals surface area contributed by atoms with Crippen molar-refractivity contribution in [2.24, 2.45) is 0 Å². The largest absolute Gasteiger partial charge is 0.586 e. The maximum atomic E-state index is 13.0. The molecule has 0 bridgehead atoms. The second kappa shape index (κ2) is 4.23. The van der Waals surface area contributed by atoms with Crippen molar-refractivity contribution in [1.82, 2.24) is 20.3 Å². The molecule has 3 aromatic rings. The van der Waals surface area contributed by atoms with Crippen LogP contribution in [0.2, 0.25) is 0 Å². The average Bonchev–Trinajstić information content (AvgIpc) is 3.00. The van der Waals surface area contributed by atoms with Crippen molar-refractivity contribution in [3.63, 3.8) is 0 Å². The van der Waals surface area contributed by atoms with Crippen LogP contribution < -0.4 is 15.0 Å². The molecule has 1 aromatic carbocycles. The number of ether oxygens (including phenoxy) is 2. The molecule has 22 heavy (non-hydrogen) atoms. The summed E-state index contributed by atoms with van der Waals surface area (Å²) in [6.45, 7) is 0. The van der Waals surface area contributed by atoms with E-state index in [9.17, 15) is 13.6 Å². The second-order valence-corrected chi connectivity index (χ2v) is 4.57. The number of hydrogen-bond acceptors (Lipinski definition) is 7. The summed E-state index contributed by atoms with van der Waals surface area (Å²) in [5.74, 6) is -0.158. The van der Waals surface area contributed by atoms with Gasteiger partial charge in [0.15, 0.2) is 11.5 Å². The first-order valence-electron chi connectivity index (χ1n) is 6.10. The molecule has 0 amide bonds. The summed E-state index contributed by atoms with van der Waals surface area (Å²) in [6.07, 6.45) is -3.58. The zero-order valence-electron chi connectivity index (χ0n) is 10.7. The van der Waals surface area contributed by atoms with E-state index in [2.05, 4.69) is 34.4 Å². The van der Waals surface area contributed by atoms with Crippen LogP contribution in [-0.2, 0) is 6.42 Å². The van der Waals surface area contributed by atoms with E-state index < -0.39 is 11.9 Å². The highest BCUT2D eigenvalue weighted by Crippen LogP contribution is 2.41. The maximum absolute atomic E-state index is 13.0. The average molecular weight is 308 g/mol. The van der Waals surface area contributed by atoms with Crippen LogP contribution in [0.25, 0.3) is 11.3 Å². The molecule has 4 rings (SSSR count). The van der Waals surface area contributed by atoms with Gasteiger partial charge in [0.25, 0.3) is 5.56 Å². The van der Waals surface area contributed by atoms with Gasteiger partial charge in [0, 0.05) is 6.42 Å². The van der Waals surface area contributed by atoms with Gasteiger partial charge < -0.3 is 9.47 Å². The molecular formula is C12H6F2N4O4. The van der Waals surface area contributed by atoms with E-state index in [4.69, 9.17) is 0 Å². The number of aromatic nitrogens is 4. The molecule has 0 fully saturated rings. The Morgan fingerprint density at radius 3 is 2.86 bits per heavy atom.